The van der Waals surface area contributed by atoms with Crippen LogP contribution in [0.2, 0.25) is 0 Å². The van der Waals surface area contributed by atoms with E-state index in [0.717, 1.165) is 11.1 Å². The number of benzene rings is 1. The summed E-state index contributed by atoms with van der Waals surface area (Å²) in [7, 11) is 0. The van der Waals surface area contributed by atoms with E-state index in [9.17, 15) is 4.79 Å². The van der Waals surface area contributed by atoms with Crippen molar-refractivity contribution in [2.24, 2.45) is 0 Å². The van der Waals surface area contributed by atoms with Gasteiger partial charge in [0.1, 0.15) is 5.25 Å². The number of nitrogens with one attached hydrogen (secondary N) is 1. The molecule has 3 aromatic rings. The second-order valence-corrected chi connectivity index (χ2v) is 7.12. The lowest BCUT2D eigenvalue weighted by atomic mass is 10.1. The normalized spacial score (nSPS) is 15.5. The van der Waals surface area contributed by atoms with Gasteiger partial charge >= 0.3 is 0 Å². The van der Waals surface area contributed by atoms with E-state index in [2.05, 4.69) is 20.2 Å². The van der Waals surface area contributed by atoms with E-state index in [4.69, 9.17) is 4.74 Å². The smallest absolute Gasteiger partial charge is 0.240 e. The van der Waals surface area contributed by atoms with Gasteiger partial charge in [-0.2, -0.15) is 0 Å². The zero-order valence-corrected chi connectivity index (χ0v) is 15.4. The fourth-order valence-electron chi connectivity index (χ4n) is 2.88. The zero-order valence-electron chi connectivity index (χ0n) is 14.6. The minimum atomic E-state index is -0.398. The molecule has 1 aliphatic heterocycles. The van der Waals surface area contributed by atoms with E-state index in [1.165, 1.54) is 11.8 Å². The van der Waals surface area contributed by atoms with Gasteiger partial charge in [-0.1, -0.05) is 42.1 Å². The molecule has 0 aliphatic carbocycles. The number of aromatic nitrogens is 4. The summed E-state index contributed by atoms with van der Waals surface area (Å²) in [5.74, 6) is 0.718. The lowest BCUT2D eigenvalue weighted by Crippen LogP contribution is -2.42. The summed E-state index contributed by atoms with van der Waals surface area (Å²) in [5, 5.41) is 7.38. The van der Waals surface area contributed by atoms with Crippen molar-refractivity contribution in [1.29, 1.82) is 0 Å². The number of carbonyl (C=O) groups excluding carboxylic acids is 1. The van der Waals surface area contributed by atoms with E-state index in [1.807, 2.05) is 47.4 Å². The second kappa shape index (κ2) is 8.32. The van der Waals surface area contributed by atoms with Crippen LogP contribution in [0.4, 0.5) is 0 Å². The van der Waals surface area contributed by atoms with E-state index in [0.29, 0.717) is 37.3 Å². The molecule has 0 spiro atoms. The van der Waals surface area contributed by atoms with Gasteiger partial charge in [-0.15, -0.1) is 5.10 Å². The number of H-pyrrole nitrogens is 1. The maximum absolute atomic E-state index is 13.2. The Morgan fingerprint density at radius 1 is 1.11 bits per heavy atom. The molecule has 0 saturated carbocycles. The highest BCUT2D eigenvalue weighted by atomic mass is 32.2. The van der Waals surface area contributed by atoms with Gasteiger partial charge in [0.2, 0.25) is 11.1 Å². The Morgan fingerprint density at radius 2 is 1.85 bits per heavy atom. The number of ether oxygens (including phenoxy) is 1. The highest BCUT2D eigenvalue weighted by molar-refractivity contribution is 8.00. The molecule has 1 amide bonds. The summed E-state index contributed by atoms with van der Waals surface area (Å²) in [6.07, 6.45) is 3.42. The molecule has 138 valence electrons. The molecule has 1 N–H and O–H groups in total. The van der Waals surface area contributed by atoms with Crippen LogP contribution in [-0.4, -0.2) is 57.3 Å². The monoisotopic (exact) mass is 381 g/mol. The molecule has 1 saturated heterocycles. The first kappa shape index (κ1) is 17.7. The van der Waals surface area contributed by atoms with Gasteiger partial charge in [0.25, 0.3) is 0 Å². The number of hydrogen-bond acceptors (Lipinski definition) is 6. The van der Waals surface area contributed by atoms with E-state index >= 15 is 0 Å². The first-order valence-electron chi connectivity index (χ1n) is 8.72. The van der Waals surface area contributed by atoms with Gasteiger partial charge in [-0.25, -0.2) is 4.98 Å². The largest absolute Gasteiger partial charge is 0.378 e. The zero-order chi connectivity index (χ0) is 18.5. The van der Waals surface area contributed by atoms with Crippen LogP contribution in [0.25, 0.3) is 11.4 Å². The maximum atomic E-state index is 13.2. The van der Waals surface area contributed by atoms with Crippen molar-refractivity contribution in [3.05, 3.63) is 60.4 Å². The Kier molecular flexibility index (Phi) is 5.45. The van der Waals surface area contributed by atoms with Gasteiger partial charge < -0.3 is 9.64 Å². The summed E-state index contributed by atoms with van der Waals surface area (Å²) in [6, 6.07) is 13.5. The minimum absolute atomic E-state index is 0.0600. The molecule has 4 rings (SSSR count). The SMILES string of the molecule is O=C([C@@H](Sc1n[nH]c(-c2ccncc2)n1)c1ccccc1)N1CCOCC1. The average Bonchev–Trinajstić information content (AvgIpc) is 3.22. The molecule has 2 aromatic heterocycles. The molecular weight excluding hydrogens is 362 g/mol. The summed E-state index contributed by atoms with van der Waals surface area (Å²) in [5.41, 5.74) is 1.84. The highest BCUT2D eigenvalue weighted by Gasteiger charge is 2.29. The molecule has 1 atom stereocenters. The third kappa shape index (κ3) is 4.17. The van der Waals surface area contributed by atoms with E-state index in [-0.39, 0.29) is 5.91 Å². The van der Waals surface area contributed by atoms with Crippen LogP contribution < -0.4 is 0 Å². The van der Waals surface area contributed by atoms with Gasteiger partial charge in [0, 0.05) is 31.0 Å². The topological polar surface area (TPSA) is 84.0 Å². The van der Waals surface area contributed by atoms with Crippen molar-refractivity contribution in [1.82, 2.24) is 25.1 Å². The van der Waals surface area contributed by atoms with Crippen molar-refractivity contribution < 1.29 is 9.53 Å². The highest BCUT2D eigenvalue weighted by Crippen LogP contribution is 2.35. The van der Waals surface area contributed by atoms with Crippen molar-refractivity contribution in [3.63, 3.8) is 0 Å². The molecule has 1 aliphatic rings. The number of aromatic amines is 1. The van der Waals surface area contributed by atoms with Crippen LogP contribution in [0.1, 0.15) is 10.8 Å². The van der Waals surface area contributed by atoms with Crippen molar-refractivity contribution >= 4 is 17.7 Å². The number of pyridine rings is 1. The Balaban J connectivity index is 1.58. The quantitative estimate of drug-likeness (QED) is 0.684. The molecule has 0 radical (unpaired) electrons. The van der Waals surface area contributed by atoms with Crippen molar-refractivity contribution in [2.45, 2.75) is 10.4 Å². The van der Waals surface area contributed by atoms with E-state index in [1.54, 1.807) is 12.4 Å². The molecule has 8 heteroatoms. The first-order chi connectivity index (χ1) is 13.3. The lowest BCUT2D eigenvalue weighted by Gasteiger charge is -2.30. The van der Waals surface area contributed by atoms with Gasteiger partial charge in [-0.3, -0.25) is 14.9 Å². The summed E-state index contributed by atoms with van der Waals surface area (Å²) in [4.78, 5) is 23.6. The number of nitrogens with zero attached hydrogens (tertiary/aromatic N) is 4. The lowest BCUT2D eigenvalue weighted by molar-refractivity contribution is -0.134. The van der Waals surface area contributed by atoms with Gasteiger partial charge in [0.05, 0.1) is 13.2 Å². The van der Waals surface area contributed by atoms with Crippen molar-refractivity contribution in [2.75, 3.05) is 26.3 Å². The number of amides is 1. The maximum Gasteiger partial charge on any atom is 0.240 e. The van der Waals surface area contributed by atoms with Crippen LogP contribution in [0, 0.1) is 0 Å². The Morgan fingerprint density at radius 3 is 2.59 bits per heavy atom. The molecule has 27 heavy (non-hydrogen) atoms. The Labute approximate surface area is 161 Å². The number of hydrogen-bond donors (Lipinski definition) is 1. The first-order valence-corrected chi connectivity index (χ1v) is 9.60. The average molecular weight is 381 g/mol. The third-order valence-electron chi connectivity index (χ3n) is 4.29. The standard InChI is InChI=1S/C19H19N5O2S/c25-18(24-10-12-26-13-11-24)16(14-4-2-1-3-5-14)27-19-21-17(22-23-19)15-6-8-20-9-7-15/h1-9,16H,10-13H2,(H,21,22,23)/t16-/m0/s1. The van der Waals surface area contributed by atoms with Gasteiger partial charge in [0.15, 0.2) is 5.82 Å². The minimum Gasteiger partial charge on any atom is -0.378 e. The van der Waals surface area contributed by atoms with Crippen LogP contribution in [-0.2, 0) is 9.53 Å². The summed E-state index contributed by atoms with van der Waals surface area (Å²) >= 11 is 1.36. The molecule has 3 heterocycles. The fraction of sp³-hybridized carbons (Fsp3) is 0.263. The Bertz CT molecular complexity index is 881. The molecule has 0 unspecified atom stereocenters. The molecule has 1 aromatic carbocycles. The number of thioether (sulfide) groups is 1. The van der Waals surface area contributed by atoms with E-state index < -0.39 is 5.25 Å². The van der Waals surface area contributed by atoms with Crippen LogP contribution in [0.3, 0.4) is 0 Å². The van der Waals surface area contributed by atoms with Crippen LogP contribution in [0.5, 0.6) is 0 Å². The van der Waals surface area contributed by atoms with Crippen molar-refractivity contribution in [3.8, 4) is 11.4 Å². The number of carbonyl (C=O) groups is 1. The predicted molar refractivity (Wildman–Crippen MR) is 102 cm³/mol. The molecule has 0 bridgehead atoms. The predicted octanol–water partition coefficient (Wildman–Crippen LogP) is 2.56. The van der Waals surface area contributed by atoms with Gasteiger partial charge in [-0.05, 0) is 17.7 Å². The number of morpholine rings is 1. The number of rotatable bonds is 5. The summed E-state index contributed by atoms with van der Waals surface area (Å²) in [6.45, 7) is 2.37. The second-order valence-electron chi connectivity index (χ2n) is 6.05. The molecular formula is C19H19N5O2S. The van der Waals surface area contributed by atoms with Crippen LogP contribution in [0.15, 0.2) is 60.0 Å². The fourth-order valence-corrected chi connectivity index (χ4v) is 3.88. The van der Waals surface area contributed by atoms with Crippen LogP contribution >= 0.6 is 11.8 Å². The summed E-state index contributed by atoms with van der Waals surface area (Å²) < 4.78 is 5.37. The Hall–Kier alpha value is -2.71. The molecule has 1 fully saturated rings. The molecule has 7 nitrogen and oxygen atoms in total. The third-order valence-corrected chi connectivity index (χ3v) is 5.39.